The molecule has 0 aromatic carbocycles. The molecule has 0 bridgehead atoms. The monoisotopic (exact) mass is 287 g/mol. The van der Waals surface area contributed by atoms with E-state index in [0.717, 1.165) is 43.6 Å². The summed E-state index contributed by atoms with van der Waals surface area (Å²) in [6.45, 7) is 0.841. The maximum absolute atomic E-state index is 12.6. The number of carbonyl (C=O) groups excluding carboxylic acids is 1. The minimum absolute atomic E-state index is 0.153. The van der Waals surface area contributed by atoms with Gasteiger partial charge in [0.2, 0.25) is 5.91 Å². The molecule has 1 aliphatic rings. The van der Waals surface area contributed by atoms with Gasteiger partial charge >= 0.3 is 0 Å². The Morgan fingerprint density at radius 3 is 3.00 bits per heavy atom. The van der Waals surface area contributed by atoms with Crippen LogP contribution in [0.1, 0.15) is 43.1 Å². The van der Waals surface area contributed by atoms with Crippen LogP contribution in [0.2, 0.25) is 0 Å². The molecule has 0 saturated carbocycles. The molecule has 6 heteroatoms. The van der Waals surface area contributed by atoms with Crippen molar-refractivity contribution in [3.8, 4) is 0 Å². The SMILES string of the molecule is Cn1nccc1CCC(=O)N1CCCCC1c1ccn[nH]1. The van der Waals surface area contributed by atoms with Crippen LogP contribution in [0.15, 0.2) is 24.5 Å². The maximum Gasteiger partial charge on any atom is 0.223 e. The number of carbonyl (C=O) groups is 1. The fourth-order valence-corrected chi connectivity index (χ4v) is 3.03. The van der Waals surface area contributed by atoms with E-state index in [0.29, 0.717) is 6.42 Å². The number of piperidine rings is 1. The smallest absolute Gasteiger partial charge is 0.223 e. The number of amides is 1. The Hall–Kier alpha value is -2.11. The Morgan fingerprint density at radius 1 is 1.38 bits per heavy atom. The number of H-pyrrole nitrogens is 1. The number of nitrogens with one attached hydrogen (secondary N) is 1. The van der Waals surface area contributed by atoms with E-state index >= 15 is 0 Å². The molecular formula is C15H21N5O. The number of nitrogens with zero attached hydrogens (tertiary/aromatic N) is 4. The lowest BCUT2D eigenvalue weighted by Gasteiger charge is -2.35. The lowest BCUT2D eigenvalue weighted by Crippen LogP contribution is -2.38. The quantitative estimate of drug-likeness (QED) is 0.933. The maximum atomic E-state index is 12.6. The van der Waals surface area contributed by atoms with Gasteiger partial charge in [0, 0.05) is 38.1 Å². The zero-order chi connectivity index (χ0) is 14.7. The molecule has 1 N–H and O–H groups in total. The number of rotatable bonds is 4. The third-order valence-corrected chi connectivity index (χ3v) is 4.22. The van der Waals surface area contributed by atoms with Gasteiger partial charge < -0.3 is 4.90 Å². The largest absolute Gasteiger partial charge is 0.334 e. The van der Waals surface area contributed by atoms with E-state index in [1.807, 2.05) is 28.8 Å². The van der Waals surface area contributed by atoms with Gasteiger partial charge in [0.1, 0.15) is 0 Å². The molecule has 0 aliphatic carbocycles. The molecule has 112 valence electrons. The molecule has 3 heterocycles. The summed E-state index contributed by atoms with van der Waals surface area (Å²) in [5, 5.41) is 11.2. The third kappa shape index (κ3) is 2.99. The van der Waals surface area contributed by atoms with E-state index in [4.69, 9.17) is 0 Å². The summed E-state index contributed by atoms with van der Waals surface area (Å²) in [5.74, 6) is 0.218. The van der Waals surface area contributed by atoms with E-state index in [1.165, 1.54) is 0 Å². The first-order valence-electron chi connectivity index (χ1n) is 7.51. The van der Waals surface area contributed by atoms with E-state index in [2.05, 4.69) is 15.3 Å². The normalized spacial score (nSPS) is 18.9. The van der Waals surface area contributed by atoms with Crippen LogP contribution in [0.5, 0.6) is 0 Å². The lowest BCUT2D eigenvalue weighted by atomic mass is 9.98. The summed E-state index contributed by atoms with van der Waals surface area (Å²) in [7, 11) is 1.91. The Labute approximate surface area is 124 Å². The van der Waals surface area contributed by atoms with Crippen molar-refractivity contribution in [2.24, 2.45) is 7.05 Å². The van der Waals surface area contributed by atoms with Crippen LogP contribution in [0.25, 0.3) is 0 Å². The first-order chi connectivity index (χ1) is 10.3. The molecular weight excluding hydrogens is 266 g/mol. The highest BCUT2D eigenvalue weighted by Crippen LogP contribution is 2.30. The molecule has 21 heavy (non-hydrogen) atoms. The van der Waals surface area contributed by atoms with Gasteiger partial charge in [0.05, 0.1) is 11.7 Å². The molecule has 1 atom stereocenters. The molecule has 1 saturated heterocycles. The van der Waals surface area contributed by atoms with Crippen molar-refractivity contribution in [2.75, 3.05) is 6.54 Å². The topological polar surface area (TPSA) is 66.8 Å². The second-order valence-electron chi connectivity index (χ2n) is 5.56. The van der Waals surface area contributed by atoms with Crippen molar-refractivity contribution < 1.29 is 4.79 Å². The van der Waals surface area contributed by atoms with Gasteiger partial charge in [-0.3, -0.25) is 14.6 Å². The summed E-state index contributed by atoms with van der Waals surface area (Å²) in [4.78, 5) is 14.6. The first kappa shape index (κ1) is 13.9. The van der Waals surface area contributed by atoms with Crippen LogP contribution in [-0.2, 0) is 18.3 Å². The number of hydrogen-bond acceptors (Lipinski definition) is 3. The minimum atomic E-state index is 0.153. The number of aryl methyl sites for hydroxylation is 2. The van der Waals surface area contributed by atoms with Crippen LogP contribution >= 0.6 is 0 Å². The Bertz CT molecular complexity index is 589. The van der Waals surface area contributed by atoms with Crippen LogP contribution in [0.3, 0.4) is 0 Å². The third-order valence-electron chi connectivity index (χ3n) is 4.22. The van der Waals surface area contributed by atoms with E-state index in [9.17, 15) is 4.79 Å². The van der Waals surface area contributed by atoms with Crippen molar-refractivity contribution in [1.82, 2.24) is 24.9 Å². The van der Waals surface area contributed by atoms with E-state index < -0.39 is 0 Å². The molecule has 0 radical (unpaired) electrons. The number of aromatic amines is 1. The van der Waals surface area contributed by atoms with Crippen LogP contribution in [-0.4, -0.2) is 37.3 Å². The average molecular weight is 287 g/mol. The van der Waals surface area contributed by atoms with Gasteiger partial charge in [-0.15, -0.1) is 0 Å². The van der Waals surface area contributed by atoms with Crippen molar-refractivity contribution >= 4 is 5.91 Å². The molecule has 2 aromatic heterocycles. The van der Waals surface area contributed by atoms with E-state index in [-0.39, 0.29) is 11.9 Å². The first-order valence-corrected chi connectivity index (χ1v) is 7.51. The van der Waals surface area contributed by atoms with Gasteiger partial charge in [-0.2, -0.15) is 10.2 Å². The summed E-state index contributed by atoms with van der Waals surface area (Å²) < 4.78 is 1.83. The van der Waals surface area contributed by atoms with Crippen molar-refractivity contribution in [2.45, 2.75) is 38.1 Å². The average Bonchev–Trinajstić information content (AvgIpc) is 3.16. The summed E-state index contributed by atoms with van der Waals surface area (Å²) in [6.07, 6.45) is 8.05. The molecule has 1 amide bonds. The molecule has 1 unspecified atom stereocenters. The second kappa shape index (κ2) is 6.11. The zero-order valence-corrected chi connectivity index (χ0v) is 12.3. The number of hydrogen-bond donors (Lipinski definition) is 1. The Balaban J connectivity index is 1.65. The molecule has 0 spiro atoms. The molecule has 1 aliphatic heterocycles. The molecule has 3 rings (SSSR count). The van der Waals surface area contributed by atoms with Crippen LogP contribution in [0, 0.1) is 0 Å². The van der Waals surface area contributed by atoms with Crippen molar-refractivity contribution in [1.29, 1.82) is 0 Å². The van der Waals surface area contributed by atoms with Gasteiger partial charge in [0.25, 0.3) is 0 Å². The highest BCUT2D eigenvalue weighted by molar-refractivity contribution is 5.77. The Kier molecular flexibility index (Phi) is 4.03. The van der Waals surface area contributed by atoms with Crippen LogP contribution < -0.4 is 0 Å². The highest BCUT2D eigenvalue weighted by Gasteiger charge is 2.28. The molecule has 1 fully saturated rings. The van der Waals surface area contributed by atoms with Gasteiger partial charge in [-0.1, -0.05) is 0 Å². The van der Waals surface area contributed by atoms with Crippen molar-refractivity contribution in [3.63, 3.8) is 0 Å². The number of likely N-dealkylation sites (tertiary alicyclic amines) is 1. The van der Waals surface area contributed by atoms with Gasteiger partial charge in [-0.25, -0.2) is 0 Å². The second-order valence-corrected chi connectivity index (χ2v) is 5.56. The molecule has 6 nitrogen and oxygen atoms in total. The lowest BCUT2D eigenvalue weighted by molar-refractivity contribution is -0.135. The predicted molar refractivity (Wildman–Crippen MR) is 78.4 cm³/mol. The van der Waals surface area contributed by atoms with Gasteiger partial charge in [-0.05, 0) is 37.8 Å². The van der Waals surface area contributed by atoms with Crippen molar-refractivity contribution in [3.05, 3.63) is 35.9 Å². The fourth-order valence-electron chi connectivity index (χ4n) is 3.03. The molecule has 2 aromatic rings. The fraction of sp³-hybridized carbons (Fsp3) is 0.533. The predicted octanol–water partition coefficient (Wildman–Crippen LogP) is 1.83. The Morgan fingerprint density at radius 2 is 2.29 bits per heavy atom. The number of aromatic nitrogens is 4. The zero-order valence-electron chi connectivity index (χ0n) is 12.3. The van der Waals surface area contributed by atoms with Gasteiger partial charge in [0.15, 0.2) is 0 Å². The minimum Gasteiger partial charge on any atom is -0.334 e. The standard InChI is InChI=1S/C15H21N5O/c1-19-12(7-10-17-19)5-6-15(21)20-11-3-2-4-14(20)13-8-9-16-18-13/h7-10,14H,2-6,11H2,1H3,(H,16,18). The highest BCUT2D eigenvalue weighted by atomic mass is 16.2. The van der Waals surface area contributed by atoms with E-state index in [1.54, 1.807) is 12.4 Å². The summed E-state index contributed by atoms with van der Waals surface area (Å²) in [6, 6.07) is 4.09. The summed E-state index contributed by atoms with van der Waals surface area (Å²) in [5.41, 5.74) is 2.14. The summed E-state index contributed by atoms with van der Waals surface area (Å²) >= 11 is 0. The van der Waals surface area contributed by atoms with Crippen LogP contribution in [0.4, 0.5) is 0 Å².